The maximum Gasteiger partial charge on any atom is 0.416 e. The molecule has 2 nitrogen and oxygen atoms in total. The zero-order valence-electron chi connectivity index (χ0n) is 12.1. The molecule has 0 radical (unpaired) electrons. The van der Waals surface area contributed by atoms with Gasteiger partial charge in [0.15, 0.2) is 0 Å². The first-order valence-corrected chi connectivity index (χ1v) is 7.59. The zero-order valence-corrected chi connectivity index (χ0v) is 12.1. The third-order valence-electron chi connectivity index (χ3n) is 4.73. The molecule has 0 aliphatic carbocycles. The van der Waals surface area contributed by atoms with E-state index in [4.69, 9.17) is 0 Å². The first-order valence-electron chi connectivity index (χ1n) is 7.59. The van der Waals surface area contributed by atoms with Crippen LogP contribution in [0.1, 0.15) is 43.2 Å². The molecule has 2 unspecified atom stereocenters. The van der Waals surface area contributed by atoms with E-state index in [1.165, 1.54) is 0 Å². The molecule has 122 valence electrons. The summed E-state index contributed by atoms with van der Waals surface area (Å²) in [7, 11) is 0. The molecule has 2 saturated heterocycles. The van der Waals surface area contributed by atoms with Gasteiger partial charge in [0.2, 0.25) is 0 Å². The van der Waals surface area contributed by atoms with Gasteiger partial charge in [0.25, 0.3) is 0 Å². The highest BCUT2D eigenvalue weighted by atomic mass is 19.4. The standard InChI is InChI=1S/C16H19F4NO/c17-14-6-11(16(18,19)20)5-4-10(14)7-15(22)8-12-2-1-3-13(9-15)21-12/h4-6,12-13,21-22H,1-3,7-9H2. The van der Waals surface area contributed by atoms with Crippen molar-refractivity contribution in [3.8, 4) is 0 Å². The van der Waals surface area contributed by atoms with Gasteiger partial charge in [-0.3, -0.25) is 0 Å². The predicted molar refractivity (Wildman–Crippen MR) is 73.9 cm³/mol. The van der Waals surface area contributed by atoms with Crippen LogP contribution in [0.15, 0.2) is 18.2 Å². The molecule has 22 heavy (non-hydrogen) atoms. The van der Waals surface area contributed by atoms with Crippen molar-refractivity contribution in [1.82, 2.24) is 5.32 Å². The van der Waals surface area contributed by atoms with E-state index in [0.717, 1.165) is 31.4 Å². The lowest BCUT2D eigenvalue weighted by Gasteiger charge is -2.45. The third-order valence-corrected chi connectivity index (χ3v) is 4.73. The van der Waals surface area contributed by atoms with Crippen molar-refractivity contribution in [1.29, 1.82) is 0 Å². The fourth-order valence-electron chi connectivity index (χ4n) is 3.80. The van der Waals surface area contributed by atoms with Crippen molar-refractivity contribution in [3.63, 3.8) is 0 Å². The number of alkyl halides is 3. The quantitative estimate of drug-likeness (QED) is 0.819. The Hall–Kier alpha value is -1.14. The van der Waals surface area contributed by atoms with Crippen molar-refractivity contribution >= 4 is 0 Å². The van der Waals surface area contributed by atoms with Crippen LogP contribution in [0.4, 0.5) is 17.6 Å². The van der Waals surface area contributed by atoms with E-state index in [2.05, 4.69) is 5.32 Å². The Kier molecular flexibility index (Phi) is 3.93. The van der Waals surface area contributed by atoms with E-state index >= 15 is 0 Å². The number of fused-ring (bicyclic) bond motifs is 2. The molecular weight excluding hydrogens is 298 g/mol. The number of nitrogens with one attached hydrogen (secondary N) is 1. The number of piperidine rings is 2. The van der Waals surface area contributed by atoms with E-state index in [-0.39, 0.29) is 24.1 Å². The lowest BCUT2D eigenvalue weighted by molar-refractivity contribution is -0.137. The SMILES string of the molecule is OC1(Cc2ccc(C(F)(F)F)cc2F)CC2CCCC(C1)N2. The van der Waals surface area contributed by atoms with Gasteiger partial charge in [0, 0.05) is 18.5 Å². The van der Waals surface area contributed by atoms with Crippen molar-refractivity contribution in [2.24, 2.45) is 0 Å². The van der Waals surface area contributed by atoms with Gasteiger partial charge < -0.3 is 10.4 Å². The molecule has 2 heterocycles. The number of halogens is 4. The number of rotatable bonds is 2. The van der Waals surface area contributed by atoms with Crippen LogP contribution >= 0.6 is 0 Å². The maximum absolute atomic E-state index is 14.0. The Balaban J connectivity index is 1.78. The van der Waals surface area contributed by atoms with Gasteiger partial charge in [-0.05, 0) is 43.4 Å². The van der Waals surface area contributed by atoms with Crippen LogP contribution in [0.2, 0.25) is 0 Å². The first kappa shape index (κ1) is 15.7. The van der Waals surface area contributed by atoms with Gasteiger partial charge in [-0.2, -0.15) is 13.2 Å². The summed E-state index contributed by atoms with van der Waals surface area (Å²) in [6.07, 6.45) is -0.378. The summed E-state index contributed by atoms with van der Waals surface area (Å²) in [5, 5.41) is 14.2. The molecule has 3 rings (SSSR count). The van der Waals surface area contributed by atoms with Gasteiger partial charge in [-0.15, -0.1) is 0 Å². The number of aliphatic hydroxyl groups is 1. The minimum absolute atomic E-state index is 0.0612. The molecule has 0 amide bonds. The normalized spacial score (nSPS) is 32.0. The second-order valence-electron chi connectivity index (χ2n) is 6.60. The summed E-state index contributed by atoms with van der Waals surface area (Å²) < 4.78 is 51.7. The molecule has 1 aromatic carbocycles. The molecule has 2 aliphatic heterocycles. The van der Waals surface area contributed by atoms with Crippen molar-refractivity contribution in [2.45, 2.75) is 62.4 Å². The van der Waals surface area contributed by atoms with Crippen LogP contribution in [0.25, 0.3) is 0 Å². The molecule has 0 aromatic heterocycles. The predicted octanol–water partition coefficient (Wildman–Crippen LogP) is 3.42. The van der Waals surface area contributed by atoms with Gasteiger partial charge in [-0.1, -0.05) is 12.5 Å². The van der Waals surface area contributed by atoms with E-state index in [0.29, 0.717) is 18.9 Å². The molecule has 2 atom stereocenters. The largest absolute Gasteiger partial charge is 0.416 e. The number of hydrogen-bond acceptors (Lipinski definition) is 2. The highest BCUT2D eigenvalue weighted by Crippen LogP contribution is 2.36. The first-order chi connectivity index (χ1) is 10.3. The molecule has 2 fully saturated rings. The van der Waals surface area contributed by atoms with E-state index in [1.54, 1.807) is 0 Å². The summed E-state index contributed by atoms with van der Waals surface area (Å²) in [4.78, 5) is 0. The fourth-order valence-corrected chi connectivity index (χ4v) is 3.80. The van der Waals surface area contributed by atoms with E-state index in [9.17, 15) is 22.7 Å². The van der Waals surface area contributed by atoms with Crippen LogP contribution < -0.4 is 5.32 Å². The molecule has 2 N–H and O–H groups in total. The lowest BCUT2D eigenvalue weighted by atomic mass is 9.74. The minimum atomic E-state index is -4.55. The molecule has 0 spiro atoms. The van der Waals surface area contributed by atoms with E-state index < -0.39 is 23.2 Å². The van der Waals surface area contributed by atoms with Crippen LogP contribution in [0.5, 0.6) is 0 Å². The third kappa shape index (κ3) is 3.27. The smallest absolute Gasteiger partial charge is 0.389 e. The molecule has 2 bridgehead atoms. The van der Waals surface area contributed by atoms with Crippen LogP contribution in [-0.4, -0.2) is 22.8 Å². The zero-order chi connectivity index (χ0) is 16.0. The molecule has 1 aromatic rings. The van der Waals surface area contributed by atoms with Gasteiger partial charge in [-0.25, -0.2) is 4.39 Å². The second-order valence-corrected chi connectivity index (χ2v) is 6.60. The monoisotopic (exact) mass is 317 g/mol. The maximum atomic E-state index is 14.0. The Morgan fingerprint density at radius 2 is 1.82 bits per heavy atom. The molecule has 2 aliphatic rings. The lowest BCUT2D eigenvalue weighted by Crippen LogP contribution is -2.56. The summed E-state index contributed by atoms with van der Waals surface area (Å²) in [6, 6.07) is 2.98. The van der Waals surface area contributed by atoms with Crippen molar-refractivity contribution in [2.75, 3.05) is 0 Å². The Morgan fingerprint density at radius 1 is 1.18 bits per heavy atom. The summed E-state index contributed by atoms with van der Waals surface area (Å²) in [6.45, 7) is 0. The molecular formula is C16H19F4NO. The molecule has 0 saturated carbocycles. The van der Waals surface area contributed by atoms with E-state index in [1.807, 2.05) is 0 Å². The summed E-state index contributed by atoms with van der Waals surface area (Å²) in [5.74, 6) is -0.896. The Morgan fingerprint density at radius 3 is 2.36 bits per heavy atom. The van der Waals surface area contributed by atoms with Crippen molar-refractivity contribution in [3.05, 3.63) is 35.1 Å². The van der Waals surface area contributed by atoms with Crippen LogP contribution in [0.3, 0.4) is 0 Å². The summed E-state index contributed by atoms with van der Waals surface area (Å²) in [5.41, 5.74) is -1.89. The Bertz CT molecular complexity index is 546. The Labute approximate surface area is 126 Å². The van der Waals surface area contributed by atoms with Gasteiger partial charge in [0.1, 0.15) is 5.82 Å². The number of hydrogen-bond donors (Lipinski definition) is 2. The fraction of sp³-hybridized carbons (Fsp3) is 0.625. The highest BCUT2D eigenvalue weighted by Gasteiger charge is 2.41. The topological polar surface area (TPSA) is 32.3 Å². The van der Waals surface area contributed by atoms with Crippen molar-refractivity contribution < 1.29 is 22.7 Å². The van der Waals surface area contributed by atoms with Crippen LogP contribution in [-0.2, 0) is 12.6 Å². The number of benzene rings is 1. The highest BCUT2D eigenvalue weighted by molar-refractivity contribution is 5.28. The average molecular weight is 317 g/mol. The van der Waals surface area contributed by atoms with Gasteiger partial charge in [0.05, 0.1) is 11.2 Å². The summed E-state index contributed by atoms with van der Waals surface area (Å²) >= 11 is 0. The average Bonchev–Trinajstić information content (AvgIpc) is 2.39. The minimum Gasteiger partial charge on any atom is -0.389 e. The molecule has 6 heteroatoms. The second kappa shape index (κ2) is 5.49. The van der Waals surface area contributed by atoms with Crippen LogP contribution in [0, 0.1) is 5.82 Å². The van der Waals surface area contributed by atoms with Gasteiger partial charge >= 0.3 is 6.18 Å².